The number of nitrogens with zero attached hydrogens (tertiary/aromatic N) is 3. The number of carbonyl (C=O) groups is 2. The monoisotopic (exact) mass is 339 g/mol. The zero-order chi connectivity index (χ0) is 16.8. The number of aromatic nitrogens is 4. The zero-order valence-electron chi connectivity index (χ0n) is 12.6. The van der Waals surface area contributed by atoms with Crippen LogP contribution in [0.25, 0.3) is 11.2 Å². The van der Waals surface area contributed by atoms with Crippen LogP contribution in [0.2, 0.25) is 0 Å². The maximum Gasteiger partial charge on any atom is 0.327 e. The highest BCUT2D eigenvalue weighted by atomic mass is 32.2. The summed E-state index contributed by atoms with van der Waals surface area (Å²) in [7, 11) is 0. The van der Waals surface area contributed by atoms with Crippen LogP contribution in [0.3, 0.4) is 0 Å². The minimum absolute atomic E-state index is 0.214. The molecule has 0 saturated heterocycles. The van der Waals surface area contributed by atoms with E-state index in [1.54, 1.807) is 6.26 Å². The van der Waals surface area contributed by atoms with E-state index in [0.717, 1.165) is 0 Å². The smallest absolute Gasteiger partial charge is 0.327 e. The van der Waals surface area contributed by atoms with Gasteiger partial charge in [-0.05, 0) is 12.7 Å². The van der Waals surface area contributed by atoms with Gasteiger partial charge in [-0.1, -0.05) is 25.1 Å². The minimum atomic E-state index is -0.856. The predicted molar refractivity (Wildman–Crippen MR) is 84.2 cm³/mol. The first-order valence-corrected chi connectivity index (χ1v) is 8.08. The summed E-state index contributed by atoms with van der Waals surface area (Å²) in [5.74, 6) is -0.419. The number of anilines is 1. The summed E-state index contributed by atoms with van der Waals surface area (Å²) in [6.07, 6.45) is 4.30. The molecule has 2 heterocycles. The molecule has 0 fully saturated rings. The summed E-state index contributed by atoms with van der Waals surface area (Å²) >= 11 is 1.30. The van der Waals surface area contributed by atoms with Gasteiger partial charge in [0.1, 0.15) is 11.6 Å². The van der Waals surface area contributed by atoms with Crippen LogP contribution in [-0.2, 0) is 4.79 Å². The molecule has 0 saturated carbocycles. The highest BCUT2D eigenvalue weighted by Gasteiger charge is 2.20. The molecule has 0 spiro atoms. The maximum absolute atomic E-state index is 12.0. The van der Waals surface area contributed by atoms with Crippen LogP contribution >= 0.6 is 11.8 Å². The number of imide groups is 1. The van der Waals surface area contributed by atoms with Gasteiger partial charge in [-0.2, -0.15) is 5.48 Å². The number of nitrogens with one attached hydrogen (secondary N) is 4. The summed E-state index contributed by atoms with van der Waals surface area (Å²) in [4.78, 5) is 39.0. The summed E-state index contributed by atoms with van der Waals surface area (Å²) in [5.41, 5.74) is 2.74. The number of rotatable bonds is 6. The number of amides is 3. The molecule has 2 aromatic heterocycles. The van der Waals surface area contributed by atoms with Crippen molar-refractivity contribution in [1.29, 1.82) is 0 Å². The van der Waals surface area contributed by atoms with Crippen molar-refractivity contribution in [3.8, 4) is 0 Å². The molecule has 1 atom stereocenters. The van der Waals surface area contributed by atoms with Gasteiger partial charge in [-0.25, -0.2) is 19.7 Å². The SMILES string of the molecule is CCCC(NO)C(=O)NC(=O)Nc1nc(SC)nc2nc[nH]c12. The second-order valence-corrected chi connectivity index (χ2v) is 5.35. The molecule has 2 rings (SSSR count). The number of imidazole rings is 1. The summed E-state index contributed by atoms with van der Waals surface area (Å²) < 4.78 is 0. The van der Waals surface area contributed by atoms with Gasteiger partial charge < -0.3 is 10.2 Å². The fraction of sp³-hybridized carbons (Fsp3) is 0.417. The maximum atomic E-state index is 12.0. The van der Waals surface area contributed by atoms with E-state index in [1.165, 1.54) is 18.1 Å². The molecule has 0 aromatic carbocycles. The van der Waals surface area contributed by atoms with Gasteiger partial charge in [-0.15, -0.1) is 0 Å². The number of carbonyl (C=O) groups excluding carboxylic acids is 2. The number of urea groups is 1. The summed E-state index contributed by atoms with van der Waals surface area (Å²) in [6, 6.07) is -1.61. The second kappa shape index (κ2) is 7.85. The first-order chi connectivity index (χ1) is 11.1. The molecule has 23 heavy (non-hydrogen) atoms. The average molecular weight is 339 g/mol. The van der Waals surface area contributed by atoms with Crippen molar-refractivity contribution in [2.75, 3.05) is 11.6 Å². The molecule has 1 unspecified atom stereocenters. The number of fused-ring (bicyclic) bond motifs is 1. The molecule has 3 amide bonds. The lowest BCUT2D eigenvalue weighted by Gasteiger charge is -2.13. The van der Waals surface area contributed by atoms with Crippen LogP contribution in [0.5, 0.6) is 0 Å². The number of hydrogen-bond donors (Lipinski definition) is 5. The van der Waals surface area contributed by atoms with Crippen LogP contribution in [-0.4, -0.2) is 49.4 Å². The number of hydrogen-bond acceptors (Lipinski definition) is 8. The van der Waals surface area contributed by atoms with Crippen LogP contribution < -0.4 is 16.1 Å². The summed E-state index contributed by atoms with van der Waals surface area (Å²) in [5, 5.41) is 14.0. The zero-order valence-corrected chi connectivity index (χ0v) is 13.4. The molecule has 0 aliphatic rings. The van der Waals surface area contributed by atoms with E-state index in [9.17, 15) is 9.59 Å². The Morgan fingerprint density at radius 2 is 2.22 bits per heavy atom. The van der Waals surface area contributed by atoms with Crippen molar-refractivity contribution in [1.82, 2.24) is 30.7 Å². The lowest BCUT2D eigenvalue weighted by atomic mass is 10.2. The van der Waals surface area contributed by atoms with E-state index < -0.39 is 18.0 Å². The van der Waals surface area contributed by atoms with E-state index in [2.05, 4.69) is 30.6 Å². The Labute approximate surface area is 135 Å². The minimum Gasteiger partial charge on any atom is -0.340 e. The van der Waals surface area contributed by atoms with Gasteiger partial charge >= 0.3 is 6.03 Å². The average Bonchev–Trinajstić information content (AvgIpc) is 3.00. The van der Waals surface area contributed by atoms with Crippen molar-refractivity contribution < 1.29 is 14.8 Å². The molecule has 5 N–H and O–H groups in total. The fourth-order valence-electron chi connectivity index (χ4n) is 1.88. The number of hydroxylamine groups is 1. The van der Waals surface area contributed by atoms with E-state index in [-0.39, 0.29) is 5.82 Å². The van der Waals surface area contributed by atoms with Crippen LogP contribution in [0.1, 0.15) is 19.8 Å². The van der Waals surface area contributed by atoms with Crippen LogP contribution in [0.4, 0.5) is 10.6 Å². The molecule has 0 radical (unpaired) electrons. The van der Waals surface area contributed by atoms with E-state index in [1.807, 2.05) is 12.4 Å². The molecule has 124 valence electrons. The Balaban J connectivity index is 2.11. The number of thioether (sulfide) groups is 1. The second-order valence-electron chi connectivity index (χ2n) is 4.57. The predicted octanol–water partition coefficient (Wildman–Crippen LogP) is 0.870. The van der Waals surface area contributed by atoms with E-state index in [0.29, 0.717) is 29.2 Å². The Hall–Kier alpha value is -2.24. The Bertz CT molecular complexity index is 705. The summed E-state index contributed by atoms with van der Waals surface area (Å²) in [6.45, 7) is 1.86. The molecule has 0 aliphatic heterocycles. The Morgan fingerprint density at radius 3 is 2.87 bits per heavy atom. The molecule has 0 aliphatic carbocycles. The quantitative estimate of drug-likeness (QED) is 0.296. The molecule has 0 bridgehead atoms. The molecular weight excluding hydrogens is 322 g/mol. The number of H-pyrrole nitrogens is 1. The largest absolute Gasteiger partial charge is 0.340 e. The molecule has 11 heteroatoms. The number of aromatic amines is 1. The lowest BCUT2D eigenvalue weighted by Crippen LogP contribution is -2.46. The van der Waals surface area contributed by atoms with Crippen molar-refractivity contribution >= 4 is 40.7 Å². The van der Waals surface area contributed by atoms with Crippen LogP contribution in [0, 0.1) is 0 Å². The van der Waals surface area contributed by atoms with Crippen molar-refractivity contribution in [3.05, 3.63) is 6.33 Å². The first-order valence-electron chi connectivity index (χ1n) is 6.85. The topological polar surface area (TPSA) is 145 Å². The van der Waals surface area contributed by atoms with Gasteiger partial charge in [0.05, 0.1) is 6.33 Å². The van der Waals surface area contributed by atoms with Gasteiger partial charge in [0.25, 0.3) is 0 Å². The van der Waals surface area contributed by atoms with Crippen LogP contribution in [0.15, 0.2) is 11.5 Å². The van der Waals surface area contributed by atoms with Gasteiger partial charge in [0.2, 0.25) is 5.91 Å². The fourth-order valence-corrected chi connectivity index (χ4v) is 2.24. The van der Waals surface area contributed by atoms with Gasteiger partial charge in [0, 0.05) is 0 Å². The van der Waals surface area contributed by atoms with E-state index in [4.69, 9.17) is 5.21 Å². The molecule has 2 aromatic rings. The standard InChI is InChI=1S/C12H17N7O3S/c1-3-4-6(19-22)10(20)18-11(21)15-9-7-8(14-5-13-7)16-12(17-9)23-2/h5-6,19,22H,3-4H2,1-2H3,(H3,13,14,15,16,17,18,20,21). The normalized spacial score (nSPS) is 12.1. The third-order valence-corrected chi connectivity index (χ3v) is 3.51. The molecule has 10 nitrogen and oxygen atoms in total. The van der Waals surface area contributed by atoms with Gasteiger partial charge in [0.15, 0.2) is 16.6 Å². The third-order valence-electron chi connectivity index (χ3n) is 2.97. The van der Waals surface area contributed by atoms with Crippen molar-refractivity contribution in [3.63, 3.8) is 0 Å². The van der Waals surface area contributed by atoms with E-state index >= 15 is 0 Å². The van der Waals surface area contributed by atoms with Crippen molar-refractivity contribution in [2.45, 2.75) is 31.0 Å². The molecular formula is C12H17N7O3S. The highest BCUT2D eigenvalue weighted by molar-refractivity contribution is 7.98. The highest BCUT2D eigenvalue weighted by Crippen LogP contribution is 2.20. The third kappa shape index (κ3) is 4.15. The Morgan fingerprint density at radius 1 is 1.43 bits per heavy atom. The first kappa shape index (κ1) is 17.1. The van der Waals surface area contributed by atoms with Crippen molar-refractivity contribution in [2.24, 2.45) is 0 Å². The van der Waals surface area contributed by atoms with Gasteiger partial charge in [-0.3, -0.25) is 15.4 Å². The lowest BCUT2D eigenvalue weighted by molar-refractivity contribution is -0.124. The Kier molecular flexibility index (Phi) is 5.84.